The van der Waals surface area contributed by atoms with E-state index < -0.39 is 6.61 Å². The second-order valence-corrected chi connectivity index (χ2v) is 4.82. The molecule has 1 aromatic carbocycles. The van der Waals surface area contributed by atoms with E-state index in [-0.39, 0.29) is 11.8 Å². The van der Waals surface area contributed by atoms with Crippen LogP contribution < -0.4 is 10.1 Å². The van der Waals surface area contributed by atoms with Crippen molar-refractivity contribution in [2.75, 3.05) is 6.54 Å². The standard InChI is InChI=1S/C15H19F2N3O/c1-11(18-9-7-12-8-10-20(2)19-12)13-5-3-4-6-14(13)21-15(16)17/h3-6,8,10-11,15,18H,7,9H2,1-2H3. The molecule has 1 unspecified atom stereocenters. The van der Waals surface area contributed by atoms with Gasteiger partial charge in [0.2, 0.25) is 0 Å². The van der Waals surface area contributed by atoms with Crippen LogP contribution in [0, 0.1) is 0 Å². The Morgan fingerprint density at radius 3 is 2.71 bits per heavy atom. The maximum absolute atomic E-state index is 12.4. The molecule has 114 valence electrons. The first kappa shape index (κ1) is 15.4. The van der Waals surface area contributed by atoms with Crippen LogP contribution >= 0.6 is 0 Å². The van der Waals surface area contributed by atoms with E-state index in [0.29, 0.717) is 6.54 Å². The summed E-state index contributed by atoms with van der Waals surface area (Å²) in [7, 11) is 1.87. The molecule has 2 rings (SSSR count). The van der Waals surface area contributed by atoms with Crippen LogP contribution in [0.4, 0.5) is 8.78 Å². The predicted octanol–water partition coefficient (Wildman–Crippen LogP) is 2.91. The van der Waals surface area contributed by atoms with Crippen molar-refractivity contribution in [1.29, 1.82) is 0 Å². The first-order chi connectivity index (χ1) is 10.1. The Kier molecular flexibility index (Phi) is 5.27. The molecule has 0 bridgehead atoms. The number of nitrogens with zero attached hydrogens (tertiary/aromatic N) is 2. The number of para-hydroxylation sites is 1. The minimum atomic E-state index is -2.81. The number of halogens is 2. The average molecular weight is 295 g/mol. The Morgan fingerprint density at radius 2 is 2.05 bits per heavy atom. The molecule has 0 aliphatic carbocycles. The Morgan fingerprint density at radius 1 is 1.29 bits per heavy atom. The van der Waals surface area contributed by atoms with E-state index in [9.17, 15) is 8.78 Å². The van der Waals surface area contributed by atoms with Gasteiger partial charge in [0, 0.05) is 37.8 Å². The van der Waals surface area contributed by atoms with E-state index >= 15 is 0 Å². The first-order valence-electron chi connectivity index (χ1n) is 6.82. The molecule has 0 radical (unpaired) electrons. The molecule has 6 heteroatoms. The maximum Gasteiger partial charge on any atom is 0.387 e. The SMILES string of the molecule is CC(NCCc1ccn(C)n1)c1ccccc1OC(F)F. The van der Waals surface area contributed by atoms with E-state index in [1.165, 1.54) is 0 Å². The van der Waals surface area contributed by atoms with E-state index in [4.69, 9.17) is 0 Å². The Hall–Kier alpha value is -1.95. The fraction of sp³-hybridized carbons (Fsp3) is 0.400. The molecule has 21 heavy (non-hydrogen) atoms. The maximum atomic E-state index is 12.4. The lowest BCUT2D eigenvalue weighted by Crippen LogP contribution is -2.22. The van der Waals surface area contributed by atoms with Gasteiger partial charge in [0.05, 0.1) is 5.69 Å². The van der Waals surface area contributed by atoms with Crippen molar-refractivity contribution in [2.24, 2.45) is 7.05 Å². The summed E-state index contributed by atoms with van der Waals surface area (Å²) in [6.45, 7) is -0.181. The van der Waals surface area contributed by atoms with Crippen LogP contribution in [-0.2, 0) is 13.5 Å². The van der Waals surface area contributed by atoms with Crippen molar-refractivity contribution in [1.82, 2.24) is 15.1 Å². The molecule has 1 atom stereocenters. The van der Waals surface area contributed by atoms with Crippen molar-refractivity contribution in [3.05, 3.63) is 47.8 Å². The van der Waals surface area contributed by atoms with Crippen molar-refractivity contribution in [2.45, 2.75) is 26.0 Å². The average Bonchev–Trinajstić information content (AvgIpc) is 2.84. The molecule has 0 aliphatic rings. The van der Waals surface area contributed by atoms with Gasteiger partial charge in [-0.05, 0) is 19.1 Å². The lowest BCUT2D eigenvalue weighted by atomic mass is 10.1. The fourth-order valence-corrected chi connectivity index (χ4v) is 2.16. The van der Waals surface area contributed by atoms with Gasteiger partial charge >= 0.3 is 6.61 Å². The number of ether oxygens (including phenoxy) is 1. The molecule has 0 fully saturated rings. The molecule has 0 aliphatic heterocycles. The van der Waals surface area contributed by atoms with Crippen molar-refractivity contribution < 1.29 is 13.5 Å². The highest BCUT2D eigenvalue weighted by molar-refractivity contribution is 5.35. The molecule has 1 aromatic heterocycles. The molecule has 1 N–H and O–H groups in total. The largest absolute Gasteiger partial charge is 0.434 e. The highest BCUT2D eigenvalue weighted by atomic mass is 19.3. The van der Waals surface area contributed by atoms with Crippen LogP contribution in [-0.4, -0.2) is 22.9 Å². The zero-order chi connectivity index (χ0) is 15.2. The van der Waals surface area contributed by atoms with Gasteiger partial charge in [-0.2, -0.15) is 13.9 Å². The zero-order valence-corrected chi connectivity index (χ0v) is 12.1. The Balaban J connectivity index is 1.92. The van der Waals surface area contributed by atoms with Gasteiger partial charge in [-0.3, -0.25) is 4.68 Å². The van der Waals surface area contributed by atoms with E-state index in [1.54, 1.807) is 22.9 Å². The molecule has 2 aromatic rings. The highest BCUT2D eigenvalue weighted by Crippen LogP contribution is 2.26. The number of alkyl halides is 2. The highest BCUT2D eigenvalue weighted by Gasteiger charge is 2.14. The van der Waals surface area contributed by atoms with Gasteiger partial charge in [0.15, 0.2) is 0 Å². The fourth-order valence-electron chi connectivity index (χ4n) is 2.16. The van der Waals surface area contributed by atoms with Gasteiger partial charge in [0.25, 0.3) is 0 Å². The summed E-state index contributed by atoms with van der Waals surface area (Å²) < 4.78 is 31.1. The second kappa shape index (κ2) is 7.17. The number of benzene rings is 1. The van der Waals surface area contributed by atoms with Crippen LogP contribution in [0.1, 0.15) is 24.2 Å². The van der Waals surface area contributed by atoms with Gasteiger partial charge in [-0.1, -0.05) is 18.2 Å². The molecule has 0 saturated heterocycles. The van der Waals surface area contributed by atoms with Gasteiger partial charge in [0.1, 0.15) is 5.75 Å². The third-order valence-corrected chi connectivity index (χ3v) is 3.20. The van der Waals surface area contributed by atoms with Crippen LogP contribution in [0.2, 0.25) is 0 Å². The van der Waals surface area contributed by atoms with Crippen LogP contribution in [0.3, 0.4) is 0 Å². The molecule has 0 spiro atoms. The summed E-state index contributed by atoms with van der Waals surface area (Å²) in [5.74, 6) is 0.213. The molecule has 0 saturated carbocycles. The molecule has 4 nitrogen and oxygen atoms in total. The normalized spacial score (nSPS) is 12.6. The minimum absolute atomic E-state index is 0.0799. The van der Waals surface area contributed by atoms with Gasteiger partial charge in [-0.25, -0.2) is 0 Å². The number of nitrogens with one attached hydrogen (secondary N) is 1. The first-order valence-corrected chi connectivity index (χ1v) is 6.82. The topological polar surface area (TPSA) is 39.1 Å². The minimum Gasteiger partial charge on any atom is -0.434 e. The van der Waals surface area contributed by atoms with E-state index in [0.717, 1.165) is 17.7 Å². The summed E-state index contributed by atoms with van der Waals surface area (Å²) in [4.78, 5) is 0. The number of rotatable bonds is 7. The van der Waals surface area contributed by atoms with Crippen LogP contribution in [0.15, 0.2) is 36.5 Å². The Labute approximate surface area is 122 Å². The van der Waals surface area contributed by atoms with E-state index in [1.807, 2.05) is 32.3 Å². The molecule has 1 heterocycles. The lowest BCUT2D eigenvalue weighted by molar-refractivity contribution is -0.0506. The Bertz CT molecular complexity index is 572. The predicted molar refractivity (Wildman–Crippen MR) is 76.4 cm³/mol. The molecule has 0 amide bonds. The number of aromatic nitrogens is 2. The van der Waals surface area contributed by atoms with Crippen LogP contribution in [0.25, 0.3) is 0 Å². The smallest absolute Gasteiger partial charge is 0.387 e. The quantitative estimate of drug-likeness (QED) is 0.853. The van der Waals surface area contributed by atoms with E-state index in [2.05, 4.69) is 15.2 Å². The van der Waals surface area contributed by atoms with Crippen molar-refractivity contribution in [3.63, 3.8) is 0 Å². The van der Waals surface area contributed by atoms with Crippen LogP contribution in [0.5, 0.6) is 5.75 Å². The monoisotopic (exact) mass is 295 g/mol. The summed E-state index contributed by atoms with van der Waals surface area (Å²) in [6, 6.07) is 8.71. The second-order valence-electron chi connectivity index (χ2n) is 4.82. The number of hydrogen-bond donors (Lipinski definition) is 1. The number of aryl methyl sites for hydroxylation is 1. The number of hydrogen-bond acceptors (Lipinski definition) is 3. The summed E-state index contributed by atoms with van der Waals surface area (Å²) in [6.07, 6.45) is 2.67. The van der Waals surface area contributed by atoms with Gasteiger partial charge in [-0.15, -0.1) is 0 Å². The summed E-state index contributed by atoms with van der Waals surface area (Å²) in [5.41, 5.74) is 1.72. The lowest BCUT2D eigenvalue weighted by Gasteiger charge is -2.17. The van der Waals surface area contributed by atoms with Crippen molar-refractivity contribution in [3.8, 4) is 5.75 Å². The third-order valence-electron chi connectivity index (χ3n) is 3.20. The third kappa shape index (κ3) is 4.53. The molecular weight excluding hydrogens is 276 g/mol. The zero-order valence-electron chi connectivity index (χ0n) is 12.1. The van der Waals surface area contributed by atoms with Crippen molar-refractivity contribution >= 4 is 0 Å². The summed E-state index contributed by atoms with van der Waals surface area (Å²) in [5, 5.41) is 7.59. The molecular formula is C15H19F2N3O. The summed E-state index contributed by atoms with van der Waals surface area (Å²) >= 11 is 0. The van der Waals surface area contributed by atoms with Gasteiger partial charge < -0.3 is 10.1 Å².